The van der Waals surface area contributed by atoms with Crippen LogP contribution in [0.1, 0.15) is 12.8 Å². The Morgan fingerprint density at radius 1 is 1.06 bits per heavy atom. The van der Waals surface area contributed by atoms with Crippen LogP contribution < -0.4 is 10.2 Å². The second-order valence-corrected chi connectivity index (χ2v) is 2.54. The topological polar surface area (TPSA) is 175 Å². The van der Waals surface area contributed by atoms with Crippen LogP contribution in [-0.4, -0.2) is 45.3 Å². The molecule has 0 rings (SSSR count). The largest absolute Gasteiger partial charge is 1.00 e. The van der Waals surface area contributed by atoms with Crippen LogP contribution >= 0.6 is 0 Å². The first-order valence-electron chi connectivity index (χ1n) is 3.63. The number of hydrogen-bond acceptors (Lipinski definition) is 7. The summed E-state index contributed by atoms with van der Waals surface area (Å²) in [6, 6.07) is 0. The molecule has 0 aromatic rings. The Labute approximate surface area is 132 Å². The number of hydrogen-bond donors (Lipinski definition) is 3. The fourth-order valence-corrected chi connectivity index (χ4v) is 0.691. The van der Waals surface area contributed by atoms with E-state index in [1.54, 1.807) is 0 Å². The maximum absolute atomic E-state index is 10.3. The Kier molecular flexibility index (Phi) is 18.4. The zero-order valence-electron chi connectivity index (χ0n) is 8.39. The molecule has 0 aliphatic carbocycles. The summed E-state index contributed by atoms with van der Waals surface area (Å²) in [6.07, 6.45) is -2.59. The first kappa shape index (κ1) is 26.0. The Balaban J connectivity index is -0.000000177. The van der Waals surface area contributed by atoms with Crippen molar-refractivity contribution in [1.29, 1.82) is 0 Å². The molecule has 0 aromatic carbocycles. The maximum Gasteiger partial charge on any atom is 1.00 e. The van der Waals surface area contributed by atoms with Gasteiger partial charge in [-0.25, -0.2) is 4.79 Å². The van der Waals surface area contributed by atoms with Crippen molar-refractivity contribution in [2.45, 2.75) is 18.4 Å². The van der Waals surface area contributed by atoms with Gasteiger partial charge in [0.25, 0.3) is 6.47 Å². The molecule has 0 saturated carbocycles. The van der Waals surface area contributed by atoms with Crippen LogP contribution in [0.5, 0.6) is 0 Å². The SMILES string of the molecule is O=C([O-])CC(O)(CC(=O)[O-])C(=O)O.O=CO.[Ag+].[Ag+]. The Hall–Kier alpha value is -0.679. The second-order valence-electron chi connectivity index (χ2n) is 2.54. The third-order valence-corrected chi connectivity index (χ3v) is 1.27. The number of aliphatic hydroxyl groups is 1. The van der Waals surface area contributed by atoms with Crippen molar-refractivity contribution in [1.82, 2.24) is 0 Å². The standard InChI is InChI=1S/C6H8O7.CH2O2.2Ag/c7-3(8)1-6(13,5(11)12)2-4(9)10;2-1-3;;/h13H,1-2H2,(H,7,8)(H,9,10)(H,11,12);1H,(H,2,3);;/q;;2*+1/p-2. The Morgan fingerprint density at radius 3 is 1.39 bits per heavy atom. The van der Waals surface area contributed by atoms with Crippen LogP contribution in [-0.2, 0) is 63.9 Å². The van der Waals surface area contributed by atoms with E-state index in [2.05, 4.69) is 0 Å². The molecule has 0 fully saturated rings. The smallest absolute Gasteiger partial charge is 0.550 e. The molecule has 0 amide bonds. The quantitative estimate of drug-likeness (QED) is 0.276. The second kappa shape index (κ2) is 12.8. The van der Waals surface area contributed by atoms with E-state index in [0.717, 1.165) is 0 Å². The molecule has 0 aromatic heterocycles. The minimum absolute atomic E-state index is 0. The van der Waals surface area contributed by atoms with Crippen LogP contribution in [0.15, 0.2) is 0 Å². The van der Waals surface area contributed by atoms with Crippen molar-refractivity contribution in [3.63, 3.8) is 0 Å². The fourth-order valence-electron chi connectivity index (χ4n) is 0.691. The molecule has 0 bridgehead atoms. The van der Waals surface area contributed by atoms with Gasteiger partial charge < -0.3 is 35.1 Å². The van der Waals surface area contributed by atoms with Gasteiger partial charge in [0, 0.05) is 24.8 Å². The first-order valence-corrected chi connectivity index (χ1v) is 3.63. The van der Waals surface area contributed by atoms with Crippen molar-refractivity contribution >= 4 is 24.4 Å². The first-order chi connectivity index (χ1) is 7.19. The third-order valence-electron chi connectivity index (χ3n) is 1.27. The summed E-state index contributed by atoms with van der Waals surface area (Å²) in [5.41, 5.74) is -2.86. The number of carbonyl (C=O) groups excluding carboxylic acids is 2. The van der Waals surface area contributed by atoms with Crippen LogP contribution in [0.3, 0.4) is 0 Å². The van der Waals surface area contributed by atoms with E-state index in [1.165, 1.54) is 0 Å². The number of carbonyl (C=O) groups is 4. The molecule has 0 atom stereocenters. The zero-order chi connectivity index (χ0) is 13.4. The molecule has 9 nitrogen and oxygen atoms in total. The molecule has 0 aliphatic rings. The summed E-state index contributed by atoms with van der Waals surface area (Å²) >= 11 is 0. The van der Waals surface area contributed by atoms with Crippen molar-refractivity contribution in [2.24, 2.45) is 0 Å². The van der Waals surface area contributed by atoms with Gasteiger partial charge in [0.05, 0.1) is 0 Å². The van der Waals surface area contributed by atoms with E-state index in [9.17, 15) is 24.6 Å². The van der Waals surface area contributed by atoms with E-state index in [-0.39, 0.29) is 51.2 Å². The van der Waals surface area contributed by atoms with Crippen LogP contribution in [0.4, 0.5) is 0 Å². The average molecular weight is 452 g/mol. The number of carboxylic acids is 3. The van der Waals surface area contributed by atoms with Crippen molar-refractivity contribution < 1.29 is 89.5 Å². The number of carboxylic acid groups (broad SMARTS) is 4. The van der Waals surface area contributed by atoms with Gasteiger partial charge in [-0.05, 0) is 0 Å². The summed E-state index contributed by atoms with van der Waals surface area (Å²) in [6.45, 7) is -0.250. The molecule has 0 radical (unpaired) electrons. The van der Waals surface area contributed by atoms with Crippen molar-refractivity contribution in [2.75, 3.05) is 0 Å². The van der Waals surface area contributed by atoms with E-state index >= 15 is 0 Å². The van der Waals surface area contributed by atoms with Gasteiger partial charge in [0.15, 0.2) is 5.60 Å². The minimum Gasteiger partial charge on any atom is -0.550 e. The Bertz CT molecular complexity index is 275. The molecule has 0 saturated heterocycles. The van der Waals surface area contributed by atoms with Gasteiger partial charge in [-0.1, -0.05) is 0 Å². The molecule has 0 unspecified atom stereocenters. The zero-order valence-corrected chi connectivity index (χ0v) is 11.4. The van der Waals surface area contributed by atoms with Crippen LogP contribution in [0, 0.1) is 0 Å². The van der Waals surface area contributed by atoms with Crippen LogP contribution in [0.2, 0.25) is 0 Å². The predicted molar refractivity (Wildman–Crippen MR) is 40.5 cm³/mol. The monoisotopic (exact) mass is 450 g/mol. The van der Waals surface area contributed by atoms with E-state index in [0.29, 0.717) is 0 Å². The van der Waals surface area contributed by atoms with E-state index in [1.807, 2.05) is 0 Å². The predicted octanol–water partition coefficient (Wildman–Crippen LogP) is -4.22. The molecular weight excluding hydrogens is 444 g/mol. The van der Waals surface area contributed by atoms with E-state index in [4.69, 9.17) is 20.1 Å². The van der Waals surface area contributed by atoms with Crippen molar-refractivity contribution in [3.8, 4) is 0 Å². The van der Waals surface area contributed by atoms with Gasteiger partial charge in [-0.3, -0.25) is 4.79 Å². The van der Waals surface area contributed by atoms with Gasteiger partial charge >= 0.3 is 50.7 Å². The Morgan fingerprint density at radius 2 is 1.28 bits per heavy atom. The number of aliphatic carboxylic acids is 3. The van der Waals surface area contributed by atoms with Gasteiger partial charge in [0.2, 0.25) is 0 Å². The molecule has 3 N–H and O–H groups in total. The number of rotatable bonds is 5. The summed E-state index contributed by atoms with van der Waals surface area (Å²) < 4.78 is 0. The van der Waals surface area contributed by atoms with Crippen molar-refractivity contribution in [3.05, 3.63) is 0 Å². The normalized spacial score (nSPS) is 8.50. The average Bonchev–Trinajstić information content (AvgIpc) is 2.01. The summed E-state index contributed by atoms with van der Waals surface area (Å²) in [4.78, 5) is 38.5. The minimum atomic E-state index is -2.86. The molecule has 0 spiro atoms. The molecule has 18 heavy (non-hydrogen) atoms. The molecule has 0 aliphatic heterocycles. The molecule has 11 heteroatoms. The third kappa shape index (κ3) is 13.4. The maximum atomic E-state index is 10.3. The van der Waals surface area contributed by atoms with Gasteiger partial charge in [0.1, 0.15) is 0 Å². The van der Waals surface area contributed by atoms with E-state index < -0.39 is 36.4 Å². The van der Waals surface area contributed by atoms with Crippen LogP contribution in [0.25, 0.3) is 0 Å². The van der Waals surface area contributed by atoms with Gasteiger partial charge in [-0.2, -0.15) is 0 Å². The summed E-state index contributed by atoms with van der Waals surface area (Å²) in [5.74, 6) is -5.65. The summed E-state index contributed by atoms with van der Waals surface area (Å²) in [7, 11) is 0. The summed E-state index contributed by atoms with van der Waals surface area (Å²) in [5, 5.41) is 44.1. The fraction of sp³-hybridized carbons (Fsp3) is 0.429. The molecule has 0 heterocycles. The molecular formula is C7H8Ag2O9. The molecule has 112 valence electrons. The van der Waals surface area contributed by atoms with Gasteiger partial charge in [-0.15, -0.1) is 0 Å².